The van der Waals surface area contributed by atoms with Crippen molar-refractivity contribution in [1.82, 2.24) is 19.5 Å². The molecule has 5 atom stereocenters. The van der Waals surface area contributed by atoms with E-state index in [4.69, 9.17) is 0 Å². The SMILES string of the molecule is CNc1nc(C#CC2=CC=CC2)nc2c1ncn2[C@@H]1C2C[C@@]2(C(C)=O)C(O)[C@H]1O. The van der Waals surface area contributed by atoms with E-state index in [1.165, 1.54) is 6.92 Å². The highest BCUT2D eigenvalue weighted by atomic mass is 16.3. The van der Waals surface area contributed by atoms with Crippen LogP contribution in [0.4, 0.5) is 5.82 Å². The van der Waals surface area contributed by atoms with Crippen LogP contribution in [-0.2, 0) is 4.79 Å². The molecule has 8 heteroatoms. The third kappa shape index (κ3) is 2.48. The minimum atomic E-state index is -1.08. The molecule has 2 aromatic heterocycles. The highest BCUT2D eigenvalue weighted by Gasteiger charge is 2.74. The summed E-state index contributed by atoms with van der Waals surface area (Å²) in [5.41, 5.74) is 1.22. The van der Waals surface area contributed by atoms with E-state index in [-0.39, 0.29) is 11.7 Å². The van der Waals surface area contributed by atoms with Crippen molar-refractivity contribution in [3.63, 3.8) is 0 Å². The summed E-state index contributed by atoms with van der Waals surface area (Å²) < 4.78 is 1.76. The number of ketones is 1. The number of carbonyl (C=O) groups excluding carboxylic acids is 1. The van der Waals surface area contributed by atoms with Crippen LogP contribution in [0, 0.1) is 23.2 Å². The highest BCUT2D eigenvalue weighted by molar-refractivity contribution is 5.88. The molecular weight excluding hydrogens is 370 g/mol. The molecule has 8 nitrogen and oxygen atoms in total. The Hall–Kier alpha value is -3.02. The van der Waals surface area contributed by atoms with Crippen molar-refractivity contribution in [1.29, 1.82) is 0 Å². The van der Waals surface area contributed by atoms with Gasteiger partial charge in [0.25, 0.3) is 0 Å². The van der Waals surface area contributed by atoms with Crippen molar-refractivity contribution >= 4 is 22.8 Å². The first kappa shape index (κ1) is 18.0. The van der Waals surface area contributed by atoms with E-state index in [1.54, 1.807) is 17.9 Å². The van der Waals surface area contributed by atoms with Gasteiger partial charge in [-0.05, 0) is 31.6 Å². The van der Waals surface area contributed by atoms with Gasteiger partial charge in [-0.3, -0.25) is 4.79 Å². The fourth-order valence-electron chi connectivity index (χ4n) is 4.81. The zero-order valence-corrected chi connectivity index (χ0v) is 16.1. The number of aliphatic hydroxyl groups excluding tert-OH is 2. The van der Waals surface area contributed by atoms with Gasteiger partial charge in [0, 0.05) is 12.6 Å². The van der Waals surface area contributed by atoms with Crippen molar-refractivity contribution in [3.05, 3.63) is 36.0 Å². The van der Waals surface area contributed by atoms with Crippen LogP contribution in [0.1, 0.15) is 31.6 Å². The van der Waals surface area contributed by atoms with Crippen molar-refractivity contribution in [2.45, 2.75) is 38.0 Å². The summed E-state index contributed by atoms with van der Waals surface area (Å²) in [6.07, 6.45) is 6.76. The fourth-order valence-corrected chi connectivity index (χ4v) is 4.81. The van der Waals surface area contributed by atoms with Crippen LogP contribution in [-0.4, -0.2) is 54.8 Å². The van der Waals surface area contributed by atoms with Crippen molar-refractivity contribution < 1.29 is 15.0 Å². The maximum absolute atomic E-state index is 12.1. The molecule has 0 bridgehead atoms. The quantitative estimate of drug-likeness (QED) is 0.669. The molecule has 0 saturated heterocycles. The van der Waals surface area contributed by atoms with Crippen LogP contribution in [0.2, 0.25) is 0 Å². The first-order valence-corrected chi connectivity index (χ1v) is 9.64. The Morgan fingerprint density at radius 2 is 2.17 bits per heavy atom. The number of hydrogen-bond donors (Lipinski definition) is 3. The van der Waals surface area contributed by atoms with Crippen molar-refractivity contribution in [2.75, 3.05) is 12.4 Å². The van der Waals surface area contributed by atoms with Gasteiger partial charge in [0.05, 0.1) is 23.9 Å². The van der Waals surface area contributed by atoms with Crippen molar-refractivity contribution in [3.8, 4) is 11.8 Å². The van der Waals surface area contributed by atoms with E-state index >= 15 is 0 Å². The van der Waals surface area contributed by atoms with E-state index in [1.807, 2.05) is 18.2 Å². The molecule has 3 aliphatic carbocycles. The molecule has 0 radical (unpaired) electrons. The Kier molecular flexibility index (Phi) is 3.88. The minimum absolute atomic E-state index is 0.0866. The van der Waals surface area contributed by atoms with E-state index in [0.29, 0.717) is 29.2 Å². The summed E-state index contributed by atoms with van der Waals surface area (Å²) in [6.45, 7) is 1.48. The van der Waals surface area contributed by atoms with E-state index in [2.05, 4.69) is 32.1 Å². The van der Waals surface area contributed by atoms with Crippen molar-refractivity contribution in [2.24, 2.45) is 11.3 Å². The molecule has 5 rings (SSSR count). The summed E-state index contributed by atoms with van der Waals surface area (Å²) in [5, 5.41) is 24.3. The lowest BCUT2D eigenvalue weighted by Gasteiger charge is -2.23. The summed E-state index contributed by atoms with van der Waals surface area (Å²) in [5.74, 6) is 6.74. The second kappa shape index (κ2) is 6.24. The van der Waals surface area contributed by atoms with Gasteiger partial charge < -0.3 is 20.1 Å². The maximum atomic E-state index is 12.1. The second-order valence-electron chi connectivity index (χ2n) is 7.88. The molecule has 0 spiro atoms. The molecule has 2 aromatic rings. The summed E-state index contributed by atoms with van der Waals surface area (Å²) in [4.78, 5) is 25.6. The van der Waals surface area contributed by atoms with Gasteiger partial charge in [-0.2, -0.15) is 0 Å². The Bertz CT molecular complexity index is 1150. The number of nitrogens with one attached hydrogen (secondary N) is 1. The van der Waals surface area contributed by atoms with Crippen LogP contribution in [0.25, 0.3) is 11.2 Å². The largest absolute Gasteiger partial charge is 0.389 e. The smallest absolute Gasteiger partial charge is 0.209 e. The number of carbonyl (C=O) groups is 1. The molecule has 0 amide bonds. The summed E-state index contributed by atoms with van der Waals surface area (Å²) >= 11 is 0. The van der Waals surface area contributed by atoms with Crippen LogP contribution < -0.4 is 5.32 Å². The zero-order valence-electron chi connectivity index (χ0n) is 16.1. The first-order chi connectivity index (χ1) is 14.0. The lowest BCUT2D eigenvalue weighted by Crippen LogP contribution is -2.36. The van der Waals surface area contributed by atoms with E-state index in [9.17, 15) is 15.0 Å². The molecule has 148 valence electrons. The Morgan fingerprint density at radius 1 is 1.34 bits per heavy atom. The van der Waals surface area contributed by atoms with Gasteiger partial charge >= 0.3 is 0 Å². The monoisotopic (exact) mass is 391 g/mol. The van der Waals surface area contributed by atoms with Gasteiger partial charge in [-0.25, -0.2) is 15.0 Å². The average molecular weight is 391 g/mol. The number of nitrogens with zero attached hydrogens (tertiary/aromatic N) is 4. The van der Waals surface area contributed by atoms with E-state index in [0.717, 1.165) is 12.0 Å². The number of Topliss-reactive ketones (excluding diaryl/α,β-unsaturated/α-hetero) is 1. The molecule has 2 heterocycles. The van der Waals surface area contributed by atoms with Gasteiger partial charge in [-0.1, -0.05) is 24.1 Å². The minimum Gasteiger partial charge on any atom is -0.389 e. The molecule has 2 fully saturated rings. The lowest BCUT2D eigenvalue weighted by molar-refractivity contribution is -0.128. The van der Waals surface area contributed by atoms with E-state index < -0.39 is 23.7 Å². The molecule has 2 saturated carbocycles. The normalized spacial score (nSPS) is 31.9. The number of allylic oxidation sites excluding steroid dienone is 4. The number of rotatable bonds is 3. The third-order valence-electron chi connectivity index (χ3n) is 6.41. The van der Waals surface area contributed by atoms with Crippen LogP contribution in [0.5, 0.6) is 0 Å². The molecule has 0 aliphatic heterocycles. The Labute approximate surface area is 167 Å². The molecule has 2 unspecified atom stereocenters. The van der Waals surface area contributed by atoms with Gasteiger partial charge in [-0.15, -0.1) is 0 Å². The highest BCUT2D eigenvalue weighted by Crippen LogP contribution is 2.68. The number of imidazole rings is 1. The predicted octanol–water partition coefficient (Wildman–Crippen LogP) is 0.978. The second-order valence-corrected chi connectivity index (χ2v) is 7.88. The first-order valence-electron chi connectivity index (χ1n) is 9.64. The molecule has 0 aromatic carbocycles. The zero-order chi connectivity index (χ0) is 20.3. The van der Waals surface area contributed by atoms with Crippen LogP contribution in [0.3, 0.4) is 0 Å². The fraction of sp³-hybridized carbons (Fsp3) is 0.429. The summed E-state index contributed by atoms with van der Waals surface area (Å²) in [6, 6.07) is -0.471. The topological polar surface area (TPSA) is 113 Å². The standard InChI is InChI=1S/C21H21N5O3/c1-11(27)21-9-13(21)16(17(28)18(21)29)26-10-23-15-19(22-2)24-14(25-20(15)26)8-7-12-5-3-4-6-12/h3-5,10,13,16-18,28-29H,6,9H2,1-2H3,(H,22,24,25)/t13?,16-,17+,18?,21+/m1/s1. The lowest BCUT2D eigenvalue weighted by atomic mass is 9.95. The molecule has 3 aliphatic rings. The average Bonchev–Trinajstić information content (AvgIpc) is 3.00. The molecular formula is C21H21N5O3. The van der Waals surface area contributed by atoms with Gasteiger partial charge in [0.15, 0.2) is 17.0 Å². The number of aliphatic hydroxyl groups is 2. The third-order valence-corrected chi connectivity index (χ3v) is 6.41. The van der Waals surface area contributed by atoms with Gasteiger partial charge in [0.1, 0.15) is 11.9 Å². The van der Waals surface area contributed by atoms with Gasteiger partial charge in [0.2, 0.25) is 5.82 Å². The number of aromatic nitrogens is 4. The Morgan fingerprint density at radius 3 is 2.83 bits per heavy atom. The summed E-state index contributed by atoms with van der Waals surface area (Å²) in [7, 11) is 1.75. The number of fused-ring (bicyclic) bond motifs is 2. The number of hydrogen-bond acceptors (Lipinski definition) is 7. The number of anilines is 1. The van der Waals surface area contributed by atoms with Crippen LogP contribution >= 0.6 is 0 Å². The predicted molar refractivity (Wildman–Crippen MR) is 106 cm³/mol. The molecule has 3 N–H and O–H groups in total. The molecule has 29 heavy (non-hydrogen) atoms. The maximum Gasteiger partial charge on any atom is 0.209 e. The Balaban J connectivity index is 1.59. The van der Waals surface area contributed by atoms with Crippen LogP contribution in [0.15, 0.2) is 30.1 Å².